The third-order valence-corrected chi connectivity index (χ3v) is 5.29. The third kappa shape index (κ3) is 5.10. The van der Waals surface area contributed by atoms with Crippen LogP contribution in [0.2, 0.25) is 0 Å². The molecule has 4 N–H and O–H groups in total. The SMILES string of the molecule is NC(=O)N1CCC[C@H]1C(=O)NNC(=O)[C@@H]1CC[C@H]2CN1C(=O)N2OS(=O)(=O)[O-].[Na+]. The number of hydrogen-bond acceptors (Lipinski definition) is 8. The van der Waals surface area contributed by atoms with Gasteiger partial charge in [-0.2, -0.15) is 9.35 Å². The molecule has 3 heterocycles. The molecule has 0 aromatic carbocycles. The summed E-state index contributed by atoms with van der Waals surface area (Å²) in [5.41, 5.74) is 9.62. The normalized spacial score (nSPS) is 26.2. The van der Waals surface area contributed by atoms with Gasteiger partial charge in [-0.25, -0.2) is 18.0 Å². The van der Waals surface area contributed by atoms with Gasteiger partial charge in [0, 0.05) is 13.1 Å². The number of primary amides is 1. The predicted octanol–water partition coefficient (Wildman–Crippen LogP) is -5.66. The second-order valence-corrected chi connectivity index (χ2v) is 7.62. The van der Waals surface area contributed by atoms with Gasteiger partial charge in [-0.15, -0.1) is 0 Å². The summed E-state index contributed by atoms with van der Waals surface area (Å²) < 4.78 is 36.4. The number of fused-ring (bicyclic) bond motifs is 2. The summed E-state index contributed by atoms with van der Waals surface area (Å²) in [6.07, 6.45) is 1.39. The van der Waals surface area contributed by atoms with E-state index >= 15 is 0 Å². The number of nitrogens with one attached hydrogen (secondary N) is 2. The summed E-state index contributed by atoms with van der Waals surface area (Å²) in [5.74, 6) is -1.32. The summed E-state index contributed by atoms with van der Waals surface area (Å²) >= 11 is 0. The number of likely N-dealkylation sites (tertiary alicyclic amines) is 1. The van der Waals surface area contributed by atoms with Crippen LogP contribution in [-0.2, 0) is 24.3 Å². The molecule has 29 heavy (non-hydrogen) atoms. The van der Waals surface area contributed by atoms with Gasteiger partial charge in [-0.3, -0.25) is 20.4 Å². The molecule has 6 amide bonds. The van der Waals surface area contributed by atoms with Crippen molar-refractivity contribution >= 4 is 34.3 Å². The Morgan fingerprint density at radius 3 is 2.31 bits per heavy atom. The van der Waals surface area contributed by atoms with Gasteiger partial charge in [0.25, 0.3) is 11.8 Å². The maximum Gasteiger partial charge on any atom is 1.00 e. The predicted molar refractivity (Wildman–Crippen MR) is 87.1 cm³/mol. The molecule has 3 aliphatic heterocycles. The zero-order valence-electron chi connectivity index (χ0n) is 15.6. The third-order valence-electron chi connectivity index (χ3n) is 4.94. The van der Waals surface area contributed by atoms with E-state index in [4.69, 9.17) is 5.73 Å². The Bertz CT molecular complexity index is 809. The van der Waals surface area contributed by atoms with E-state index in [-0.39, 0.29) is 48.9 Å². The van der Waals surface area contributed by atoms with Crippen molar-refractivity contribution in [2.24, 2.45) is 5.73 Å². The Labute approximate surface area is 188 Å². The zero-order chi connectivity index (χ0) is 20.6. The number of amides is 6. The number of urea groups is 2. The molecule has 3 aliphatic rings. The topological polar surface area (TPSA) is 195 Å². The Morgan fingerprint density at radius 2 is 1.72 bits per heavy atom. The summed E-state index contributed by atoms with van der Waals surface area (Å²) in [7, 11) is -5.13. The molecule has 0 radical (unpaired) electrons. The van der Waals surface area contributed by atoms with Gasteiger partial charge in [-0.1, -0.05) is 0 Å². The minimum absolute atomic E-state index is 0. The molecular formula is C13H19N6NaO8S. The Morgan fingerprint density at radius 1 is 1.10 bits per heavy atom. The Hall–Kier alpha value is -1.65. The molecule has 0 unspecified atom stereocenters. The first-order chi connectivity index (χ1) is 13.1. The van der Waals surface area contributed by atoms with Crippen LogP contribution in [0.3, 0.4) is 0 Å². The van der Waals surface area contributed by atoms with Crippen molar-refractivity contribution in [3.63, 3.8) is 0 Å². The van der Waals surface area contributed by atoms with Crippen molar-refractivity contribution < 1.29 is 66.0 Å². The van der Waals surface area contributed by atoms with Crippen LogP contribution < -0.4 is 46.1 Å². The van der Waals surface area contributed by atoms with E-state index in [1.807, 2.05) is 0 Å². The molecule has 0 aromatic heterocycles. The van der Waals surface area contributed by atoms with E-state index in [9.17, 15) is 32.1 Å². The molecule has 16 heteroatoms. The molecule has 3 saturated heterocycles. The van der Waals surface area contributed by atoms with Crippen molar-refractivity contribution in [3.05, 3.63) is 0 Å². The van der Waals surface area contributed by atoms with Gasteiger partial charge in [0.2, 0.25) is 10.4 Å². The summed E-state index contributed by atoms with van der Waals surface area (Å²) in [4.78, 5) is 50.4. The van der Waals surface area contributed by atoms with Crippen LogP contribution in [0.5, 0.6) is 0 Å². The van der Waals surface area contributed by atoms with Crippen molar-refractivity contribution in [2.45, 2.75) is 43.8 Å². The second kappa shape index (κ2) is 9.01. The Kier molecular flexibility index (Phi) is 7.34. The van der Waals surface area contributed by atoms with Gasteiger partial charge in [0.1, 0.15) is 12.1 Å². The molecule has 0 saturated carbocycles. The van der Waals surface area contributed by atoms with Crippen LogP contribution in [0.4, 0.5) is 9.59 Å². The quantitative estimate of drug-likeness (QED) is 0.166. The van der Waals surface area contributed by atoms with Crippen LogP contribution in [0.25, 0.3) is 0 Å². The molecule has 3 rings (SSSR count). The molecule has 2 bridgehead atoms. The largest absolute Gasteiger partial charge is 1.00 e. The van der Waals surface area contributed by atoms with Gasteiger partial charge < -0.3 is 20.1 Å². The minimum atomic E-state index is -5.13. The van der Waals surface area contributed by atoms with E-state index < -0.39 is 52.4 Å². The fourth-order valence-corrected chi connectivity index (χ4v) is 4.08. The van der Waals surface area contributed by atoms with Crippen LogP contribution in [0, 0.1) is 0 Å². The first kappa shape index (κ1) is 23.6. The van der Waals surface area contributed by atoms with Gasteiger partial charge in [0.05, 0.1) is 6.04 Å². The van der Waals surface area contributed by atoms with E-state index in [2.05, 4.69) is 15.1 Å². The minimum Gasteiger partial charge on any atom is -0.724 e. The number of piperidine rings is 1. The number of nitrogens with two attached hydrogens (primary N) is 1. The number of carbonyl (C=O) groups excluding carboxylic acids is 4. The van der Waals surface area contributed by atoms with Crippen molar-refractivity contribution in [1.82, 2.24) is 25.7 Å². The molecule has 3 atom stereocenters. The first-order valence-corrected chi connectivity index (χ1v) is 9.83. The molecule has 3 fully saturated rings. The average Bonchev–Trinajstić information content (AvgIpc) is 3.19. The number of rotatable bonds is 4. The molecular weight excluding hydrogens is 423 g/mol. The molecule has 0 aliphatic carbocycles. The van der Waals surface area contributed by atoms with Crippen LogP contribution in [0.1, 0.15) is 25.7 Å². The molecule has 156 valence electrons. The maximum absolute atomic E-state index is 12.4. The molecule has 0 spiro atoms. The maximum atomic E-state index is 12.4. The average molecular weight is 442 g/mol. The summed E-state index contributed by atoms with van der Waals surface area (Å²) in [5, 5.41) is 0.456. The Balaban J connectivity index is 0.00000300. The standard InChI is InChI=1S/C13H20N6O8S.Na/c14-12(22)17-5-1-2-8(17)10(20)15-16-11(21)9-4-3-7-6-18(9)13(23)19(7)27-28(24,25)26;/h7-9H,1-6H2,(H2,14,22)(H,15,20)(H,16,21)(H,24,25,26);/q;+1/p-1/t7-,8-,9-;/m0./s1. The fourth-order valence-electron chi connectivity index (χ4n) is 3.69. The van der Waals surface area contributed by atoms with Crippen molar-refractivity contribution in [2.75, 3.05) is 13.1 Å². The smallest absolute Gasteiger partial charge is 0.724 e. The number of carbonyl (C=O) groups is 4. The van der Waals surface area contributed by atoms with Gasteiger partial charge in [0.15, 0.2) is 0 Å². The van der Waals surface area contributed by atoms with Crippen LogP contribution in [-0.4, -0.2) is 82.9 Å². The summed E-state index contributed by atoms with van der Waals surface area (Å²) in [6.45, 7) is 0.338. The monoisotopic (exact) mass is 442 g/mol. The second-order valence-electron chi connectivity index (χ2n) is 6.66. The number of nitrogens with zero attached hydrogens (tertiary/aromatic N) is 3. The van der Waals surface area contributed by atoms with Crippen molar-refractivity contribution in [3.8, 4) is 0 Å². The first-order valence-electron chi connectivity index (χ1n) is 8.49. The molecule has 0 aromatic rings. The van der Waals surface area contributed by atoms with E-state index in [0.717, 1.165) is 4.90 Å². The van der Waals surface area contributed by atoms with Gasteiger partial charge >= 0.3 is 41.6 Å². The number of hydrogen-bond donors (Lipinski definition) is 3. The number of hydroxylamine groups is 2. The van der Waals surface area contributed by atoms with Crippen LogP contribution >= 0.6 is 0 Å². The van der Waals surface area contributed by atoms with E-state index in [1.54, 1.807) is 0 Å². The molecule has 14 nitrogen and oxygen atoms in total. The zero-order valence-corrected chi connectivity index (χ0v) is 18.4. The van der Waals surface area contributed by atoms with Crippen LogP contribution in [0.15, 0.2) is 0 Å². The summed E-state index contributed by atoms with van der Waals surface area (Å²) in [6, 6.07) is -4.11. The fraction of sp³-hybridized carbons (Fsp3) is 0.692. The van der Waals surface area contributed by atoms with Crippen molar-refractivity contribution in [1.29, 1.82) is 0 Å². The number of hydrazine groups is 1. The van der Waals surface area contributed by atoms with E-state index in [1.165, 1.54) is 4.90 Å². The van der Waals surface area contributed by atoms with E-state index in [0.29, 0.717) is 24.4 Å². The van der Waals surface area contributed by atoms with Gasteiger partial charge in [-0.05, 0) is 25.7 Å².